The van der Waals surface area contributed by atoms with Crippen LogP contribution in [0.3, 0.4) is 0 Å². The number of carbonyl (C=O) groups excluding carboxylic acids is 2. The Bertz CT molecular complexity index is 1330. The van der Waals surface area contributed by atoms with Crippen molar-refractivity contribution in [1.29, 1.82) is 0 Å². The Hall–Kier alpha value is -4.27. The molecule has 1 aliphatic rings. The van der Waals surface area contributed by atoms with Gasteiger partial charge in [-0.3, -0.25) is 14.5 Å². The Kier molecular flexibility index (Phi) is 8.35. The van der Waals surface area contributed by atoms with Crippen molar-refractivity contribution in [2.75, 3.05) is 25.2 Å². The Labute approximate surface area is 221 Å². The molecule has 3 aromatic rings. The van der Waals surface area contributed by atoms with Gasteiger partial charge in [0.2, 0.25) is 0 Å². The molecule has 1 amide bonds. The number of nitrogens with zero attached hydrogens (tertiary/aromatic N) is 2. The predicted octanol–water partition coefficient (Wildman–Crippen LogP) is 5.59. The van der Waals surface area contributed by atoms with Crippen LogP contribution >= 0.6 is 0 Å². The van der Waals surface area contributed by atoms with Crippen LogP contribution in [0.5, 0.6) is 17.2 Å². The van der Waals surface area contributed by atoms with E-state index in [1.165, 1.54) is 12.0 Å². The number of hydrogen-bond donors (Lipinski definition) is 1. The van der Waals surface area contributed by atoms with E-state index < -0.39 is 17.7 Å². The number of Topliss-reactive ketones (excluding diaryl/α,β-unsaturated/α-hetero) is 1. The monoisotopic (exact) mass is 520 g/mol. The lowest BCUT2D eigenvalue weighted by Gasteiger charge is -2.24. The smallest absolute Gasteiger partial charge is 0.301 e. The average molecular weight is 521 g/mol. The molecule has 0 aliphatic carbocycles. The maximum atomic E-state index is 13.4. The number of aromatic nitrogens is 1. The number of ketones is 1. The Balaban J connectivity index is 1.82. The van der Waals surface area contributed by atoms with E-state index in [1.807, 2.05) is 6.92 Å². The van der Waals surface area contributed by atoms with Crippen LogP contribution in [0.4, 0.5) is 5.82 Å². The van der Waals surface area contributed by atoms with Crippen molar-refractivity contribution in [2.24, 2.45) is 0 Å². The zero-order chi connectivity index (χ0) is 27.2. The van der Waals surface area contributed by atoms with Crippen molar-refractivity contribution in [3.8, 4) is 17.2 Å². The summed E-state index contributed by atoms with van der Waals surface area (Å²) >= 11 is 0. The van der Waals surface area contributed by atoms with Crippen molar-refractivity contribution in [1.82, 2.24) is 5.16 Å². The van der Waals surface area contributed by atoms with E-state index in [4.69, 9.17) is 18.7 Å². The van der Waals surface area contributed by atoms with Gasteiger partial charge in [0.15, 0.2) is 17.3 Å². The molecule has 1 aromatic heterocycles. The van der Waals surface area contributed by atoms with Crippen molar-refractivity contribution >= 4 is 23.3 Å². The lowest BCUT2D eigenvalue weighted by molar-refractivity contribution is -0.132. The molecule has 1 saturated heterocycles. The number of anilines is 1. The molecule has 1 fully saturated rings. The molecule has 2 aromatic carbocycles. The highest BCUT2D eigenvalue weighted by Gasteiger charge is 2.48. The minimum absolute atomic E-state index is 0.0698. The molecule has 4 rings (SSSR count). The molecule has 1 N–H and O–H groups in total. The van der Waals surface area contributed by atoms with Crippen LogP contribution in [0.25, 0.3) is 5.76 Å². The number of ether oxygens (including phenoxy) is 3. The molecule has 1 aliphatic heterocycles. The number of aryl methyl sites for hydroxylation is 1. The number of unbranched alkanes of at least 4 members (excludes halogenated alkanes) is 1. The molecule has 9 nitrogen and oxygen atoms in total. The van der Waals surface area contributed by atoms with Crippen LogP contribution in [0, 0.1) is 6.92 Å². The number of methoxy groups -OCH3 is 1. The number of benzene rings is 2. The second-order valence-electron chi connectivity index (χ2n) is 8.95. The van der Waals surface area contributed by atoms with Crippen LogP contribution < -0.4 is 19.1 Å². The van der Waals surface area contributed by atoms with Crippen LogP contribution in [0.1, 0.15) is 56.0 Å². The van der Waals surface area contributed by atoms with Gasteiger partial charge in [-0.15, -0.1) is 0 Å². The highest BCUT2D eigenvalue weighted by Crippen LogP contribution is 2.44. The van der Waals surface area contributed by atoms with Crippen molar-refractivity contribution in [2.45, 2.75) is 46.1 Å². The first-order chi connectivity index (χ1) is 18.4. The van der Waals surface area contributed by atoms with Crippen molar-refractivity contribution in [3.63, 3.8) is 0 Å². The normalized spacial score (nSPS) is 16.6. The molecule has 0 saturated carbocycles. The molecule has 2 heterocycles. The quantitative estimate of drug-likeness (QED) is 0.151. The fourth-order valence-corrected chi connectivity index (χ4v) is 4.24. The van der Waals surface area contributed by atoms with Gasteiger partial charge in [-0.05, 0) is 61.7 Å². The number of carbonyl (C=O) groups is 2. The van der Waals surface area contributed by atoms with Crippen molar-refractivity contribution in [3.05, 3.63) is 71.0 Å². The molecule has 0 spiro atoms. The molecule has 0 radical (unpaired) electrons. The van der Waals surface area contributed by atoms with Gasteiger partial charge in [-0.2, -0.15) is 0 Å². The van der Waals surface area contributed by atoms with Crippen LogP contribution in [0.2, 0.25) is 0 Å². The van der Waals surface area contributed by atoms with E-state index in [9.17, 15) is 14.7 Å². The maximum Gasteiger partial charge on any atom is 0.301 e. The van der Waals surface area contributed by atoms with Gasteiger partial charge in [0.1, 0.15) is 17.3 Å². The van der Waals surface area contributed by atoms with Gasteiger partial charge in [0, 0.05) is 11.6 Å². The second-order valence-corrected chi connectivity index (χ2v) is 8.95. The zero-order valence-electron chi connectivity index (χ0n) is 22.0. The zero-order valence-corrected chi connectivity index (χ0v) is 22.0. The fourth-order valence-electron chi connectivity index (χ4n) is 4.24. The summed E-state index contributed by atoms with van der Waals surface area (Å²) in [5.41, 5.74) is 0.841. The third-order valence-corrected chi connectivity index (χ3v) is 6.17. The molecule has 200 valence electrons. The minimum Gasteiger partial charge on any atom is -0.507 e. The second kappa shape index (κ2) is 11.9. The highest BCUT2D eigenvalue weighted by molar-refractivity contribution is 6.51. The van der Waals surface area contributed by atoms with Crippen LogP contribution in [-0.2, 0) is 9.59 Å². The molecule has 0 bridgehead atoms. The number of aliphatic hydroxyl groups is 1. The summed E-state index contributed by atoms with van der Waals surface area (Å²) in [6.45, 7) is 6.86. The predicted molar refractivity (Wildman–Crippen MR) is 142 cm³/mol. The van der Waals surface area contributed by atoms with Gasteiger partial charge in [0.25, 0.3) is 5.78 Å². The maximum absolute atomic E-state index is 13.4. The lowest BCUT2D eigenvalue weighted by atomic mass is 9.95. The summed E-state index contributed by atoms with van der Waals surface area (Å²) in [5, 5.41) is 15.3. The summed E-state index contributed by atoms with van der Waals surface area (Å²) < 4.78 is 22.2. The topological polar surface area (TPSA) is 111 Å². The van der Waals surface area contributed by atoms with Crippen LogP contribution in [0.15, 0.2) is 58.6 Å². The summed E-state index contributed by atoms with van der Waals surface area (Å²) in [4.78, 5) is 27.9. The Morgan fingerprint density at radius 2 is 1.76 bits per heavy atom. The number of rotatable bonds is 11. The molecule has 1 atom stereocenters. The molecule has 38 heavy (non-hydrogen) atoms. The number of amides is 1. The molecule has 9 heteroatoms. The number of aliphatic hydroxyl groups excluding tert-OH is 1. The average Bonchev–Trinajstić information content (AvgIpc) is 3.47. The third kappa shape index (κ3) is 5.37. The lowest BCUT2D eigenvalue weighted by Crippen LogP contribution is -2.29. The first-order valence-corrected chi connectivity index (χ1v) is 12.7. The van der Waals surface area contributed by atoms with Gasteiger partial charge in [-0.25, -0.2) is 0 Å². The first-order valence-electron chi connectivity index (χ1n) is 12.7. The van der Waals surface area contributed by atoms with Gasteiger partial charge in [-0.1, -0.05) is 31.5 Å². The van der Waals surface area contributed by atoms with E-state index in [0.717, 1.165) is 19.3 Å². The number of hydrogen-bond acceptors (Lipinski definition) is 8. The molecular weight excluding hydrogens is 488 g/mol. The fraction of sp³-hybridized carbons (Fsp3) is 0.345. The van der Waals surface area contributed by atoms with E-state index in [1.54, 1.807) is 55.5 Å². The van der Waals surface area contributed by atoms with Gasteiger partial charge >= 0.3 is 5.91 Å². The third-order valence-electron chi connectivity index (χ3n) is 6.17. The van der Waals surface area contributed by atoms with E-state index in [-0.39, 0.29) is 17.2 Å². The molecular formula is C29H32N2O7. The van der Waals surface area contributed by atoms with Crippen molar-refractivity contribution < 1.29 is 33.4 Å². The summed E-state index contributed by atoms with van der Waals surface area (Å²) in [5.74, 6) is 0.304. The summed E-state index contributed by atoms with van der Waals surface area (Å²) in [7, 11) is 1.52. The molecule has 0 unspecified atom stereocenters. The largest absolute Gasteiger partial charge is 0.507 e. The first kappa shape index (κ1) is 26.8. The van der Waals surface area contributed by atoms with E-state index in [2.05, 4.69) is 12.1 Å². The standard InChI is InChI=1S/C29H32N2O7/c1-5-7-15-37-22-13-10-20(17-23(22)35-4)26-25(27(32)19-8-11-21(12-9-19)36-14-6-2)28(33)29(34)31(26)24-16-18(3)38-30-24/h8-13,16-17,26,32H,5-7,14-15H2,1-4H3/t26-/m0/s1. The Morgan fingerprint density at radius 3 is 2.39 bits per heavy atom. The van der Waals surface area contributed by atoms with E-state index in [0.29, 0.717) is 47.3 Å². The highest BCUT2D eigenvalue weighted by atomic mass is 16.5. The Morgan fingerprint density at radius 1 is 1.00 bits per heavy atom. The summed E-state index contributed by atoms with van der Waals surface area (Å²) in [6.07, 6.45) is 2.73. The van der Waals surface area contributed by atoms with Crippen LogP contribution in [-0.4, -0.2) is 42.3 Å². The van der Waals surface area contributed by atoms with Gasteiger partial charge in [0.05, 0.1) is 31.9 Å². The SMILES string of the molecule is CCCCOc1ccc([C@H]2C(=C(O)c3ccc(OCCC)cc3)C(=O)C(=O)N2c2cc(C)on2)cc1OC. The summed E-state index contributed by atoms with van der Waals surface area (Å²) in [6, 6.07) is 12.5. The van der Waals surface area contributed by atoms with E-state index >= 15 is 0 Å². The van der Waals surface area contributed by atoms with Gasteiger partial charge < -0.3 is 23.8 Å². The minimum atomic E-state index is -0.978.